The second-order valence-corrected chi connectivity index (χ2v) is 6.44. The van der Waals surface area contributed by atoms with Gasteiger partial charge in [-0.15, -0.1) is 0 Å². The predicted octanol–water partition coefficient (Wildman–Crippen LogP) is 2.59. The van der Waals surface area contributed by atoms with Gasteiger partial charge in [-0.05, 0) is 37.4 Å². The van der Waals surface area contributed by atoms with E-state index in [-0.39, 0.29) is 5.91 Å². The number of hydrogen-bond acceptors (Lipinski definition) is 3. The highest BCUT2D eigenvalue weighted by Crippen LogP contribution is 2.08. The van der Waals surface area contributed by atoms with E-state index < -0.39 is 0 Å². The lowest BCUT2D eigenvalue weighted by Crippen LogP contribution is -2.48. The maximum atomic E-state index is 12.3. The second-order valence-electron chi connectivity index (χ2n) is 6.44. The molecule has 0 radical (unpaired) electrons. The Balaban J connectivity index is 1.34. The molecule has 0 aliphatic carbocycles. The molecule has 0 spiro atoms. The van der Waals surface area contributed by atoms with Crippen molar-refractivity contribution in [3.8, 4) is 0 Å². The molecule has 1 aliphatic heterocycles. The van der Waals surface area contributed by atoms with Crippen LogP contribution in [0.3, 0.4) is 0 Å². The monoisotopic (exact) mass is 338 g/mol. The zero-order valence-electron chi connectivity index (χ0n) is 14.6. The standard InChI is InChI=1S/C20H26N4O/c25-20(10-9-18-6-2-1-3-7-18)24-14-12-23(13-15-24)11-5-4-8-19-16-21-17-22-19/h1-3,6-7,9-10,16-17H,4-5,8,11-15H2,(H,21,22)/b10-9+. The van der Waals surface area contributed by atoms with Crippen molar-refractivity contribution < 1.29 is 4.79 Å². The number of hydrogen-bond donors (Lipinski definition) is 1. The van der Waals surface area contributed by atoms with Crippen molar-refractivity contribution in [2.75, 3.05) is 32.7 Å². The highest BCUT2D eigenvalue weighted by molar-refractivity contribution is 5.91. The van der Waals surface area contributed by atoms with Gasteiger partial charge in [0.05, 0.1) is 6.33 Å². The lowest BCUT2D eigenvalue weighted by Gasteiger charge is -2.34. The van der Waals surface area contributed by atoms with Crippen LogP contribution in [0.15, 0.2) is 48.9 Å². The summed E-state index contributed by atoms with van der Waals surface area (Å²) < 4.78 is 0. The van der Waals surface area contributed by atoms with Gasteiger partial charge in [-0.25, -0.2) is 4.98 Å². The summed E-state index contributed by atoms with van der Waals surface area (Å²) in [6.07, 6.45) is 10.6. The number of aryl methyl sites for hydroxylation is 1. The number of imidazole rings is 1. The van der Waals surface area contributed by atoms with Crippen LogP contribution in [0.1, 0.15) is 24.1 Å². The summed E-state index contributed by atoms with van der Waals surface area (Å²) in [6, 6.07) is 9.95. The molecule has 0 bridgehead atoms. The van der Waals surface area contributed by atoms with Crippen molar-refractivity contribution in [1.29, 1.82) is 0 Å². The van der Waals surface area contributed by atoms with Crippen molar-refractivity contribution in [3.63, 3.8) is 0 Å². The normalized spacial score (nSPS) is 15.8. The molecule has 1 aromatic carbocycles. The number of benzene rings is 1. The smallest absolute Gasteiger partial charge is 0.246 e. The third-order valence-corrected chi connectivity index (χ3v) is 4.63. The number of nitrogens with one attached hydrogen (secondary N) is 1. The molecule has 2 heterocycles. The second kappa shape index (κ2) is 9.18. The molecular formula is C20H26N4O. The summed E-state index contributed by atoms with van der Waals surface area (Å²) >= 11 is 0. The topological polar surface area (TPSA) is 52.2 Å². The van der Waals surface area contributed by atoms with Crippen molar-refractivity contribution in [2.24, 2.45) is 0 Å². The fourth-order valence-electron chi connectivity index (χ4n) is 3.10. The Morgan fingerprint density at radius 1 is 1.12 bits per heavy atom. The summed E-state index contributed by atoms with van der Waals surface area (Å²) in [5.74, 6) is 0.114. The molecule has 5 nitrogen and oxygen atoms in total. The number of aromatic amines is 1. The van der Waals surface area contributed by atoms with E-state index in [0.717, 1.165) is 44.7 Å². The number of amides is 1. The quantitative estimate of drug-likeness (QED) is 0.624. The first-order chi connectivity index (χ1) is 12.3. The van der Waals surface area contributed by atoms with E-state index in [9.17, 15) is 4.79 Å². The van der Waals surface area contributed by atoms with Gasteiger partial charge in [0, 0.05) is 44.1 Å². The number of aromatic nitrogens is 2. The lowest BCUT2D eigenvalue weighted by atomic mass is 10.2. The number of H-pyrrole nitrogens is 1. The van der Waals surface area contributed by atoms with Gasteiger partial charge in [-0.1, -0.05) is 30.3 Å². The van der Waals surface area contributed by atoms with Crippen LogP contribution in [0.4, 0.5) is 0 Å². The zero-order chi connectivity index (χ0) is 17.3. The predicted molar refractivity (Wildman–Crippen MR) is 100 cm³/mol. The average Bonchev–Trinajstić information content (AvgIpc) is 3.18. The molecule has 5 heteroatoms. The van der Waals surface area contributed by atoms with E-state index in [0.29, 0.717) is 0 Å². The number of nitrogens with zero attached hydrogens (tertiary/aromatic N) is 3. The Morgan fingerprint density at radius 2 is 1.92 bits per heavy atom. The van der Waals surface area contributed by atoms with Crippen molar-refractivity contribution >= 4 is 12.0 Å². The maximum Gasteiger partial charge on any atom is 0.246 e. The fourth-order valence-corrected chi connectivity index (χ4v) is 3.10. The summed E-state index contributed by atoms with van der Waals surface area (Å²) in [5, 5.41) is 0. The Kier molecular flexibility index (Phi) is 6.40. The van der Waals surface area contributed by atoms with Gasteiger partial charge in [0.25, 0.3) is 0 Å². The van der Waals surface area contributed by atoms with Crippen LogP contribution in [-0.4, -0.2) is 58.4 Å². The van der Waals surface area contributed by atoms with E-state index in [4.69, 9.17) is 0 Å². The van der Waals surface area contributed by atoms with Gasteiger partial charge in [0.1, 0.15) is 0 Å². The zero-order valence-corrected chi connectivity index (χ0v) is 14.6. The molecule has 2 aromatic rings. The van der Waals surface area contributed by atoms with Crippen LogP contribution in [0.5, 0.6) is 0 Å². The molecule has 0 saturated carbocycles. The minimum Gasteiger partial charge on any atom is -0.348 e. The van der Waals surface area contributed by atoms with Gasteiger partial charge in [-0.3, -0.25) is 9.69 Å². The number of carbonyl (C=O) groups is 1. The molecule has 25 heavy (non-hydrogen) atoms. The Morgan fingerprint density at radius 3 is 2.64 bits per heavy atom. The molecule has 1 amide bonds. The maximum absolute atomic E-state index is 12.3. The van der Waals surface area contributed by atoms with Crippen LogP contribution in [0.2, 0.25) is 0 Å². The average molecular weight is 338 g/mol. The molecule has 1 saturated heterocycles. The Bertz CT molecular complexity index is 658. The van der Waals surface area contributed by atoms with Crippen LogP contribution in [0, 0.1) is 0 Å². The minimum absolute atomic E-state index is 0.114. The third-order valence-electron chi connectivity index (χ3n) is 4.63. The fraction of sp³-hybridized carbons (Fsp3) is 0.400. The van der Waals surface area contributed by atoms with Gasteiger partial charge >= 0.3 is 0 Å². The van der Waals surface area contributed by atoms with Crippen LogP contribution in [-0.2, 0) is 11.2 Å². The first-order valence-electron chi connectivity index (χ1n) is 9.03. The summed E-state index contributed by atoms with van der Waals surface area (Å²) in [6.45, 7) is 4.68. The molecule has 132 valence electrons. The van der Waals surface area contributed by atoms with Crippen molar-refractivity contribution in [1.82, 2.24) is 19.8 Å². The first kappa shape index (κ1) is 17.4. The number of piperazine rings is 1. The molecular weight excluding hydrogens is 312 g/mol. The minimum atomic E-state index is 0.114. The molecule has 1 aromatic heterocycles. The van der Waals surface area contributed by atoms with Crippen molar-refractivity contribution in [2.45, 2.75) is 19.3 Å². The molecule has 1 aliphatic rings. The van der Waals surface area contributed by atoms with E-state index in [2.05, 4.69) is 14.9 Å². The SMILES string of the molecule is O=C(/C=C/c1ccccc1)N1CCN(CCCCc2cnc[nH]2)CC1. The van der Waals surface area contributed by atoms with Gasteiger partial charge in [0.2, 0.25) is 5.91 Å². The summed E-state index contributed by atoms with van der Waals surface area (Å²) in [5.41, 5.74) is 2.27. The number of rotatable bonds is 7. The van der Waals surface area contributed by atoms with Crippen LogP contribution >= 0.6 is 0 Å². The van der Waals surface area contributed by atoms with Gasteiger partial charge < -0.3 is 9.88 Å². The lowest BCUT2D eigenvalue weighted by molar-refractivity contribution is -0.127. The largest absolute Gasteiger partial charge is 0.348 e. The Labute approximate surface area is 149 Å². The molecule has 1 N–H and O–H groups in total. The van der Waals surface area contributed by atoms with E-state index in [1.165, 1.54) is 18.5 Å². The molecule has 3 rings (SSSR count). The van der Waals surface area contributed by atoms with E-state index in [1.807, 2.05) is 47.5 Å². The molecule has 0 unspecified atom stereocenters. The summed E-state index contributed by atoms with van der Waals surface area (Å²) in [4.78, 5) is 23.9. The molecule has 1 fully saturated rings. The third kappa shape index (κ3) is 5.57. The van der Waals surface area contributed by atoms with Gasteiger partial charge in [-0.2, -0.15) is 0 Å². The van der Waals surface area contributed by atoms with Crippen molar-refractivity contribution in [3.05, 3.63) is 60.2 Å². The van der Waals surface area contributed by atoms with E-state index in [1.54, 1.807) is 12.4 Å². The molecule has 0 atom stereocenters. The van der Waals surface area contributed by atoms with Crippen LogP contribution < -0.4 is 0 Å². The summed E-state index contributed by atoms with van der Waals surface area (Å²) in [7, 11) is 0. The van der Waals surface area contributed by atoms with E-state index >= 15 is 0 Å². The number of carbonyl (C=O) groups excluding carboxylic acids is 1. The Hall–Kier alpha value is -2.40. The highest BCUT2D eigenvalue weighted by atomic mass is 16.2. The first-order valence-corrected chi connectivity index (χ1v) is 9.03. The number of unbranched alkanes of at least 4 members (excludes halogenated alkanes) is 1. The van der Waals surface area contributed by atoms with Crippen LogP contribution in [0.25, 0.3) is 6.08 Å². The highest BCUT2D eigenvalue weighted by Gasteiger charge is 2.18. The van der Waals surface area contributed by atoms with Gasteiger partial charge in [0.15, 0.2) is 0 Å².